The first-order valence-electron chi connectivity index (χ1n) is 15.1. The highest BCUT2D eigenvalue weighted by Gasteiger charge is 2.99. The number of methoxy groups -OCH3 is 1. The molecule has 10 nitrogen and oxygen atoms in total. The van der Waals surface area contributed by atoms with Crippen LogP contribution in [-0.2, 0) is 42.9 Å². The van der Waals surface area contributed by atoms with Gasteiger partial charge in [0, 0.05) is 22.3 Å². The predicted octanol–water partition coefficient (Wildman–Crippen LogP) is 3.95. The van der Waals surface area contributed by atoms with Crippen LogP contribution in [0.4, 0.5) is 0 Å². The average Bonchev–Trinajstić information content (AvgIpc) is 3.80. The van der Waals surface area contributed by atoms with Crippen LogP contribution in [0.15, 0.2) is 23.0 Å². The maximum absolute atomic E-state index is 14.8. The summed E-state index contributed by atoms with van der Waals surface area (Å²) in [5, 5.41) is 0. The molecule has 0 N–H and O–H groups in total. The number of hydrogen-bond donors (Lipinski definition) is 0. The molecule has 228 valence electrons. The number of Topliss-reactive ketones (excluding diaryl/α,β-unsaturated/α-hetero) is 1. The zero-order valence-corrected chi connectivity index (χ0v) is 25.3. The van der Waals surface area contributed by atoms with Gasteiger partial charge in [-0.3, -0.25) is 19.2 Å². The quantitative estimate of drug-likeness (QED) is 0.275. The molecule has 0 unspecified atom stereocenters. The van der Waals surface area contributed by atoms with Crippen molar-refractivity contribution in [3.8, 4) is 0 Å². The van der Waals surface area contributed by atoms with Crippen LogP contribution in [0.2, 0.25) is 0 Å². The summed E-state index contributed by atoms with van der Waals surface area (Å²) >= 11 is 0. The summed E-state index contributed by atoms with van der Waals surface area (Å²) in [5.74, 6) is -3.32. The van der Waals surface area contributed by atoms with Gasteiger partial charge in [-0.25, -0.2) is 0 Å². The Bertz CT molecular complexity index is 1370. The normalized spacial score (nSPS) is 47.9. The third kappa shape index (κ3) is 3.03. The lowest BCUT2D eigenvalue weighted by molar-refractivity contribution is -0.217. The molecule has 1 aromatic heterocycles. The molecule has 0 radical (unpaired) electrons. The molecule has 0 amide bonds. The second-order valence-corrected chi connectivity index (χ2v) is 14.5. The van der Waals surface area contributed by atoms with Gasteiger partial charge in [0.2, 0.25) is 0 Å². The lowest BCUT2D eigenvalue weighted by atomic mass is 9.37. The zero-order chi connectivity index (χ0) is 30.2. The largest absolute Gasteiger partial charge is 0.472 e. The number of ketones is 1. The van der Waals surface area contributed by atoms with Gasteiger partial charge in [0.1, 0.15) is 29.5 Å². The van der Waals surface area contributed by atoms with Crippen molar-refractivity contribution in [1.29, 1.82) is 0 Å². The third-order valence-corrected chi connectivity index (χ3v) is 12.4. The highest BCUT2D eigenvalue weighted by molar-refractivity contribution is 5.95. The summed E-state index contributed by atoms with van der Waals surface area (Å²) in [6, 6.07) is 1.81. The number of carbonyl (C=O) groups is 4. The number of ether oxygens (including phenoxy) is 5. The lowest BCUT2D eigenvalue weighted by Crippen LogP contribution is -2.77. The molecule has 3 aliphatic heterocycles. The minimum atomic E-state index is -1.15. The van der Waals surface area contributed by atoms with Crippen molar-refractivity contribution in [3.05, 3.63) is 24.2 Å². The fraction of sp³-hybridized carbons (Fsp3) is 0.750. The highest BCUT2D eigenvalue weighted by Crippen LogP contribution is 2.84. The number of carbonyl (C=O) groups excluding carboxylic acids is 4. The smallest absolute Gasteiger partial charge is 0.308 e. The monoisotopic (exact) mass is 584 g/mol. The van der Waals surface area contributed by atoms with E-state index in [9.17, 15) is 19.2 Å². The van der Waals surface area contributed by atoms with E-state index in [-0.39, 0.29) is 48.5 Å². The fourth-order valence-corrected chi connectivity index (χ4v) is 10.1. The number of rotatable bonds is 6. The number of furan rings is 1. The molecule has 2 spiro atoms. The van der Waals surface area contributed by atoms with E-state index in [2.05, 4.69) is 6.92 Å². The van der Waals surface area contributed by atoms with Gasteiger partial charge in [-0.05, 0) is 31.7 Å². The Morgan fingerprint density at radius 1 is 1.14 bits per heavy atom. The molecule has 3 aliphatic carbocycles. The number of esters is 3. The molecule has 0 aromatic carbocycles. The first-order chi connectivity index (χ1) is 19.8. The molecule has 6 aliphatic rings. The van der Waals surface area contributed by atoms with E-state index < -0.39 is 63.6 Å². The molecule has 1 aromatic rings. The van der Waals surface area contributed by atoms with Crippen LogP contribution >= 0.6 is 0 Å². The van der Waals surface area contributed by atoms with E-state index >= 15 is 0 Å². The predicted molar refractivity (Wildman–Crippen MR) is 143 cm³/mol. The van der Waals surface area contributed by atoms with Gasteiger partial charge >= 0.3 is 17.9 Å². The van der Waals surface area contributed by atoms with Crippen LogP contribution in [-0.4, -0.2) is 60.3 Å². The Hall–Kier alpha value is -2.72. The average molecular weight is 585 g/mol. The van der Waals surface area contributed by atoms with Gasteiger partial charge in [-0.2, -0.15) is 0 Å². The number of fused-ring (bicyclic) bond motifs is 4. The van der Waals surface area contributed by atoms with Crippen molar-refractivity contribution in [2.75, 3.05) is 7.11 Å². The maximum atomic E-state index is 14.8. The molecule has 4 heterocycles. The van der Waals surface area contributed by atoms with Crippen LogP contribution in [0.3, 0.4) is 0 Å². The van der Waals surface area contributed by atoms with Gasteiger partial charge in [0.15, 0.2) is 5.78 Å². The second-order valence-electron chi connectivity index (χ2n) is 14.5. The molecule has 42 heavy (non-hydrogen) atoms. The van der Waals surface area contributed by atoms with Gasteiger partial charge in [0.25, 0.3) is 0 Å². The number of cyclic esters (lactones) is 1. The molecular weight excluding hydrogens is 544 g/mol. The van der Waals surface area contributed by atoms with E-state index in [1.165, 1.54) is 7.11 Å². The van der Waals surface area contributed by atoms with Crippen molar-refractivity contribution in [2.24, 2.45) is 39.9 Å². The SMILES string of the molecule is CC[C@@H](C)C(=O)O[C@@H]1[C@H]2C(=O)[C@@](C)([C@@H](CC(=O)OC)C1(C)C)[C@@]13O[C@@H]1C[C@]1(C)[C@@H](CC(=O)O[C@H]1c1ccoc1)[C@]31O[C@H]21. The standard InChI is InChI=1S/C32H40O10/c1-8-15(2)27(36)40-25-22-23(35)30(6,17(28(25,3)4)11-20(33)37-7)32-19(41-32)13-29(5)18(31(32)26(22)42-31)12-21(34)39-24(29)16-9-10-38-14-16/h9-10,14-15,17-19,22,24-26H,8,11-13H2,1-7H3/t15-,17+,18-,19-,22-,24+,25-,26-,29-,30-,31-,32+/m1/s1. The van der Waals surface area contributed by atoms with Crippen molar-refractivity contribution in [3.63, 3.8) is 0 Å². The molecule has 7 rings (SSSR count). The Morgan fingerprint density at radius 2 is 1.88 bits per heavy atom. The van der Waals surface area contributed by atoms with E-state index in [1.54, 1.807) is 19.5 Å². The Kier molecular flexibility index (Phi) is 5.66. The van der Waals surface area contributed by atoms with E-state index in [0.717, 1.165) is 5.56 Å². The number of hydrogen-bond acceptors (Lipinski definition) is 10. The molecule has 2 bridgehead atoms. The summed E-state index contributed by atoms with van der Waals surface area (Å²) in [6.07, 6.45) is 2.01. The van der Waals surface area contributed by atoms with E-state index in [0.29, 0.717) is 12.8 Å². The van der Waals surface area contributed by atoms with Crippen molar-refractivity contribution in [2.45, 2.75) is 103 Å². The minimum Gasteiger partial charge on any atom is -0.472 e. The molecule has 10 heteroatoms. The van der Waals surface area contributed by atoms with Gasteiger partial charge in [-0.15, -0.1) is 0 Å². The summed E-state index contributed by atoms with van der Waals surface area (Å²) in [6.45, 7) is 11.7. The first-order valence-corrected chi connectivity index (χ1v) is 15.1. The van der Waals surface area contributed by atoms with E-state index in [1.807, 2.05) is 33.8 Å². The van der Waals surface area contributed by atoms with Crippen molar-refractivity contribution < 1.29 is 47.3 Å². The zero-order valence-electron chi connectivity index (χ0n) is 25.3. The molecule has 6 fully saturated rings. The van der Waals surface area contributed by atoms with Gasteiger partial charge in [-0.1, -0.05) is 34.6 Å². The van der Waals surface area contributed by atoms with Crippen LogP contribution in [0.25, 0.3) is 0 Å². The summed E-state index contributed by atoms with van der Waals surface area (Å²) in [4.78, 5) is 54.2. The van der Waals surface area contributed by atoms with Gasteiger partial charge < -0.3 is 28.1 Å². The topological polar surface area (TPSA) is 134 Å². The van der Waals surface area contributed by atoms with Gasteiger partial charge in [0.05, 0.1) is 55.8 Å². The van der Waals surface area contributed by atoms with E-state index in [4.69, 9.17) is 28.1 Å². The van der Waals surface area contributed by atoms with Crippen LogP contribution in [0.5, 0.6) is 0 Å². The first kappa shape index (κ1) is 28.1. The Balaban J connectivity index is 1.39. The van der Waals surface area contributed by atoms with Crippen LogP contribution in [0.1, 0.15) is 78.9 Å². The third-order valence-electron chi connectivity index (χ3n) is 12.4. The highest BCUT2D eigenvalue weighted by atomic mass is 16.7. The number of epoxide rings is 2. The summed E-state index contributed by atoms with van der Waals surface area (Å²) in [5.41, 5.74) is -3.76. The summed E-state index contributed by atoms with van der Waals surface area (Å²) < 4.78 is 36.3. The molecule has 12 atom stereocenters. The lowest BCUT2D eigenvalue weighted by Gasteiger charge is -2.63. The molecule has 3 saturated carbocycles. The second kappa shape index (κ2) is 8.46. The Morgan fingerprint density at radius 3 is 2.52 bits per heavy atom. The minimum absolute atomic E-state index is 0.0456. The van der Waals surface area contributed by atoms with Crippen molar-refractivity contribution in [1.82, 2.24) is 0 Å². The van der Waals surface area contributed by atoms with Crippen LogP contribution in [0, 0.1) is 39.9 Å². The van der Waals surface area contributed by atoms with Crippen molar-refractivity contribution >= 4 is 23.7 Å². The molecule has 3 saturated heterocycles. The van der Waals surface area contributed by atoms with Crippen LogP contribution < -0.4 is 0 Å². The Labute approximate surface area is 245 Å². The summed E-state index contributed by atoms with van der Waals surface area (Å²) in [7, 11) is 1.33. The fourth-order valence-electron chi connectivity index (χ4n) is 10.1. The maximum Gasteiger partial charge on any atom is 0.308 e. The molecular formula is C32H40O10.